The summed E-state index contributed by atoms with van der Waals surface area (Å²) in [5, 5.41) is 13.4. The van der Waals surface area contributed by atoms with E-state index in [1.807, 2.05) is 6.92 Å². The molecule has 1 unspecified atom stereocenters. The first kappa shape index (κ1) is 13.6. The lowest BCUT2D eigenvalue weighted by Crippen LogP contribution is -2.42. The molecule has 0 radical (unpaired) electrons. The van der Waals surface area contributed by atoms with E-state index in [0.717, 1.165) is 0 Å². The molecule has 2 rings (SSSR count). The summed E-state index contributed by atoms with van der Waals surface area (Å²) in [5.74, 6) is 0.524. The highest BCUT2D eigenvalue weighted by molar-refractivity contribution is 7.91. The van der Waals surface area contributed by atoms with Crippen LogP contribution in [0.4, 0.5) is 0 Å². The molecule has 1 fully saturated rings. The van der Waals surface area contributed by atoms with Crippen LogP contribution >= 0.6 is 11.6 Å². The van der Waals surface area contributed by atoms with Crippen LogP contribution in [0.15, 0.2) is 18.2 Å². The Hall–Kier alpha value is -0.780. The molecule has 0 bridgehead atoms. The minimum absolute atomic E-state index is 0.140. The van der Waals surface area contributed by atoms with Gasteiger partial charge >= 0.3 is 0 Å². The maximum atomic E-state index is 11.5. The van der Waals surface area contributed by atoms with Crippen LogP contribution in [0, 0.1) is 0 Å². The fraction of sp³-hybridized carbons (Fsp3) is 0.500. The normalized spacial score (nSPS) is 26.3. The first-order valence-electron chi connectivity index (χ1n) is 5.73. The summed E-state index contributed by atoms with van der Waals surface area (Å²) in [6.45, 7) is 2.29. The molecule has 0 aromatic heterocycles. The van der Waals surface area contributed by atoms with E-state index >= 15 is 0 Å². The molecule has 1 heterocycles. The Bertz CT molecular complexity index is 558. The van der Waals surface area contributed by atoms with Crippen molar-refractivity contribution in [1.29, 1.82) is 0 Å². The molecule has 1 aromatic rings. The number of hydrogen-bond acceptors (Lipinski definition) is 4. The van der Waals surface area contributed by atoms with Crippen LogP contribution in [-0.2, 0) is 16.4 Å². The van der Waals surface area contributed by atoms with Gasteiger partial charge in [0.25, 0.3) is 0 Å². The molecule has 1 aliphatic rings. The molecule has 0 spiro atoms. The third-order valence-corrected chi connectivity index (χ3v) is 5.39. The van der Waals surface area contributed by atoms with Gasteiger partial charge in [-0.3, -0.25) is 0 Å². The van der Waals surface area contributed by atoms with Crippen molar-refractivity contribution < 1.29 is 13.5 Å². The van der Waals surface area contributed by atoms with Gasteiger partial charge in [-0.2, -0.15) is 0 Å². The molecule has 4 nitrogen and oxygen atoms in total. The lowest BCUT2D eigenvalue weighted by Gasteiger charge is -2.24. The van der Waals surface area contributed by atoms with Crippen molar-refractivity contribution >= 4 is 21.4 Å². The highest BCUT2D eigenvalue weighted by Gasteiger charge is 2.37. The van der Waals surface area contributed by atoms with Gasteiger partial charge in [0, 0.05) is 22.7 Å². The SMILES string of the molecule is CC1(NCc2cc(Cl)ccc2O)CCS(=O)(=O)C1. The molecular formula is C12H16ClNO3S. The summed E-state index contributed by atoms with van der Waals surface area (Å²) in [5.41, 5.74) is 0.251. The molecule has 1 atom stereocenters. The molecule has 0 aliphatic carbocycles. The monoisotopic (exact) mass is 289 g/mol. The number of benzene rings is 1. The highest BCUT2D eigenvalue weighted by Crippen LogP contribution is 2.26. The predicted molar refractivity (Wildman–Crippen MR) is 71.6 cm³/mol. The quantitative estimate of drug-likeness (QED) is 0.889. The molecule has 1 aromatic carbocycles. The average Bonchev–Trinajstić information content (AvgIpc) is 2.55. The molecule has 1 aliphatic heterocycles. The molecular weight excluding hydrogens is 274 g/mol. The Kier molecular flexibility index (Phi) is 3.58. The van der Waals surface area contributed by atoms with Crippen molar-refractivity contribution in [3.8, 4) is 5.75 Å². The van der Waals surface area contributed by atoms with Gasteiger partial charge in [-0.05, 0) is 31.5 Å². The summed E-state index contributed by atoms with van der Waals surface area (Å²) >= 11 is 5.86. The zero-order valence-electron chi connectivity index (χ0n) is 10.1. The minimum Gasteiger partial charge on any atom is -0.508 e. The van der Waals surface area contributed by atoms with Crippen molar-refractivity contribution in [2.45, 2.75) is 25.4 Å². The van der Waals surface area contributed by atoms with E-state index in [4.69, 9.17) is 11.6 Å². The number of sulfone groups is 1. The molecule has 100 valence electrons. The van der Waals surface area contributed by atoms with E-state index in [0.29, 0.717) is 23.6 Å². The zero-order chi connectivity index (χ0) is 13.4. The van der Waals surface area contributed by atoms with E-state index in [1.165, 1.54) is 6.07 Å². The maximum Gasteiger partial charge on any atom is 0.152 e. The van der Waals surface area contributed by atoms with Crippen LogP contribution in [0.1, 0.15) is 18.9 Å². The van der Waals surface area contributed by atoms with Gasteiger partial charge in [-0.25, -0.2) is 8.42 Å². The summed E-state index contributed by atoms with van der Waals surface area (Å²) in [4.78, 5) is 0. The molecule has 1 saturated heterocycles. The number of phenolic OH excluding ortho intramolecular Hbond substituents is 1. The summed E-state index contributed by atoms with van der Waals surface area (Å²) in [6.07, 6.45) is 0.594. The van der Waals surface area contributed by atoms with E-state index in [-0.39, 0.29) is 17.3 Å². The van der Waals surface area contributed by atoms with Crippen LogP contribution in [0.5, 0.6) is 5.75 Å². The van der Waals surface area contributed by atoms with Crippen molar-refractivity contribution in [1.82, 2.24) is 5.32 Å². The Morgan fingerprint density at radius 1 is 1.50 bits per heavy atom. The second kappa shape index (κ2) is 4.72. The molecule has 0 saturated carbocycles. The third-order valence-electron chi connectivity index (χ3n) is 3.25. The third kappa shape index (κ3) is 3.16. The van der Waals surface area contributed by atoms with Gasteiger partial charge in [-0.1, -0.05) is 11.6 Å². The smallest absolute Gasteiger partial charge is 0.152 e. The van der Waals surface area contributed by atoms with E-state index in [2.05, 4.69) is 5.32 Å². The maximum absolute atomic E-state index is 11.5. The number of aromatic hydroxyl groups is 1. The molecule has 0 amide bonds. The largest absolute Gasteiger partial charge is 0.508 e. The lowest BCUT2D eigenvalue weighted by atomic mass is 10.0. The number of phenols is 1. The number of halogens is 1. The van der Waals surface area contributed by atoms with Crippen LogP contribution < -0.4 is 5.32 Å². The Labute approximate surface area is 112 Å². The topological polar surface area (TPSA) is 66.4 Å². The van der Waals surface area contributed by atoms with Gasteiger partial charge < -0.3 is 10.4 Å². The first-order valence-corrected chi connectivity index (χ1v) is 7.92. The van der Waals surface area contributed by atoms with Crippen LogP contribution in [0.3, 0.4) is 0 Å². The van der Waals surface area contributed by atoms with Gasteiger partial charge in [0.2, 0.25) is 0 Å². The number of rotatable bonds is 3. The molecule has 6 heteroatoms. The number of hydrogen-bond donors (Lipinski definition) is 2. The Morgan fingerprint density at radius 3 is 2.83 bits per heavy atom. The Balaban J connectivity index is 2.06. The standard InChI is InChI=1S/C12H16ClNO3S/c1-12(4-5-18(16,17)8-12)14-7-9-6-10(13)2-3-11(9)15/h2-3,6,14-15H,4-5,7-8H2,1H3. The minimum atomic E-state index is -2.93. The lowest BCUT2D eigenvalue weighted by molar-refractivity contribution is 0.388. The van der Waals surface area contributed by atoms with Crippen LogP contribution in [-0.4, -0.2) is 30.6 Å². The summed E-state index contributed by atoms with van der Waals surface area (Å²) in [7, 11) is -2.93. The van der Waals surface area contributed by atoms with Crippen molar-refractivity contribution in [2.75, 3.05) is 11.5 Å². The average molecular weight is 290 g/mol. The van der Waals surface area contributed by atoms with Gasteiger partial charge in [0.1, 0.15) is 5.75 Å². The van der Waals surface area contributed by atoms with Gasteiger partial charge in [0.15, 0.2) is 9.84 Å². The Morgan fingerprint density at radius 2 is 2.22 bits per heavy atom. The van der Waals surface area contributed by atoms with Crippen LogP contribution in [0.2, 0.25) is 5.02 Å². The fourth-order valence-corrected chi connectivity index (χ4v) is 4.47. The highest BCUT2D eigenvalue weighted by atomic mass is 35.5. The second-order valence-electron chi connectivity index (χ2n) is 5.03. The van der Waals surface area contributed by atoms with Gasteiger partial charge in [-0.15, -0.1) is 0 Å². The predicted octanol–water partition coefficient (Wildman–Crippen LogP) is 1.71. The summed E-state index contributed by atoms with van der Waals surface area (Å²) in [6, 6.07) is 4.83. The van der Waals surface area contributed by atoms with Gasteiger partial charge in [0.05, 0.1) is 11.5 Å². The van der Waals surface area contributed by atoms with E-state index < -0.39 is 15.4 Å². The van der Waals surface area contributed by atoms with Crippen molar-refractivity contribution in [2.24, 2.45) is 0 Å². The van der Waals surface area contributed by atoms with Crippen LogP contribution in [0.25, 0.3) is 0 Å². The number of nitrogens with one attached hydrogen (secondary N) is 1. The zero-order valence-corrected chi connectivity index (χ0v) is 11.7. The van der Waals surface area contributed by atoms with Crippen molar-refractivity contribution in [3.05, 3.63) is 28.8 Å². The van der Waals surface area contributed by atoms with Crippen molar-refractivity contribution in [3.63, 3.8) is 0 Å². The molecule has 18 heavy (non-hydrogen) atoms. The summed E-state index contributed by atoms with van der Waals surface area (Å²) < 4.78 is 22.9. The van der Waals surface area contributed by atoms with E-state index in [1.54, 1.807) is 12.1 Å². The van der Waals surface area contributed by atoms with E-state index in [9.17, 15) is 13.5 Å². The first-order chi connectivity index (χ1) is 8.30. The fourth-order valence-electron chi connectivity index (χ4n) is 2.15. The second-order valence-corrected chi connectivity index (χ2v) is 7.65. The molecule has 2 N–H and O–H groups in total.